The standard InChI is InChI=1S/C21H21FN2O7S/c1-21(2,24-32(4,27)28)14-10-15-13(9-16(14)29-3)17(19(25)31-20(23)26)18(30-15)11-5-7-12(22)8-6-11/h5-10,24H,1-4H3,(H2,23,26). The second-order valence-electron chi connectivity index (χ2n) is 7.57. The number of carbonyl (C=O) groups is 2. The minimum Gasteiger partial charge on any atom is -0.496 e. The molecule has 0 saturated carbocycles. The number of benzene rings is 2. The van der Waals surface area contributed by atoms with Crippen molar-refractivity contribution in [2.75, 3.05) is 13.4 Å². The lowest BCUT2D eigenvalue weighted by molar-refractivity contribution is 0.0640. The summed E-state index contributed by atoms with van der Waals surface area (Å²) >= 11 is 0. The molecule has 2 aromatic carbocycles. The molecule has 0 spiro atoms. The van der Waals surface area contributed by atoms with Crippen molar-refractivity contribution < 1.29 is 36.3 Å². The Bertz CT molecular complexity index is 1310. The van der Waals surface area contributed by atoms with Gasteiger partial charge < -0.3 is 19.6 Å². The third-order valence-corrected chi connectivity index (χ3v) is 5.51. The maximum Gasteiger partial charge on any atom is 0.412 e. The summed E-state index contributed by atoms with van der Waals surface area (Å²) in [5, 5.41) is 0.228. The number of nitrogens with one attached hydrogen (secondary N) is 1. The van der Waals surface area contributed by atoms with Gasteiger partial charge in [0.15, 0.2) is 0 Å². The van der Waals surface area contributed by atoms with Gasteiger partial charge >= 0.3 is 12.1 Å². The van der Waals surface area contributed by atoms with Crippen LogP contribution < -0.4 is 15.2 Å². The molecule has 32 heavy (non-hydrogen) atoms. The number of furan rings is 1. The number of esters is 1. The lowest BCUT2D eigenvalue weighted by Gasteiger charge is -2.27. The van der Waals surface area contributed by atoms with Crippen molar-refractivity contribution in [3.8, 4) is 17.1 Å². The molecule has 0 aliphatic rings. The summed E-state index contributed by atoms with van der Waals surface area (Å²) in [6, 6.07) is 8.11. The summed E-state index contributed by atoms with van der Waals surface area (Å²) in [7, 11) is -2.20. The molecule has 1 aromatic heterocycles. The molecule has 0 atom stereocenters. The van der Waals surface area contributed by atoms with E-state index in [2.05, 4.69) is 9.46 Å². The van der Waals surface area contributed by atoms with E-state index in [0.29, 0.717) is 11.1 Å². The Kier molecular flexibility index (Phi) is 5.98. The average Bonchev–Trinajstić information content (AvgIpc) is 3.03. The Hall–Kier alpha value is -3.44. The Labute approximate surface area is 183 Å². The number of fused-ring (bicyclic) bond motifs is 1. The Morgan fingerprint density at radius 3 is 2.31 bits per heavy atom. The number of carbonyl (C=O) groups excluding carboxylic acids is 2. The van der Waals surface area contributed by atoms with Crippen LogP contribution in [0.3, 0.4) is 0 Å². The first-order chi connectivity index (χ1) is 14.8. The van der Waals surface area contributed by atoms with Gasteiger partial charge in [0.1, 0.15) is 28.5 Å². The highest BCUT2D eigenvalue weighted by molar-refractivity contribution is 7.88. The first-order valence-corrected chi connectivity index (χ1v) is 11.1. The van der Waals surface area contributed by atoms with Gasteiger partial charge in [-0.3, -0.25) is 0 Å². The van der Waals surface area contributed by atoms with Crippen LogP contribution in [-0.4, -0.2) is 33.8 Å². The maximum absolute atomic E-state index is 13.4. The van der Waals surface area contributed by atoms with E-state index in [-0.39, 0.29) is 28.0 Å². The van der Waals surface area contributed by atoms with Crippen LogP contribution in [0.5, 0.6) is 5.75 Å². The van der Waals surface area contributed by atoms with Gasteiger partial charge in [-0.05, 0) is 50.2 Å². The van der Waals surface area contributed by atoms with Gasteiger partial charge in [-0.1, -0.05) is 0 Å². The van der Waals surface area contributed by atoms with Crippen LogP contribution in [0.1, 0.15) is 29.8 Å². The number of sulfonamides is 1. The van der Waals surface area contributed by atoms with Crippen LogP contribution >= 0.6 is 0 Å². The Morgan fingerprint density at radius 1 is 1.16 bits per heavy atom. The first kappa shape index (κ1) is 23.2. The van der Waals surface area contributed by atoms with E-state index in [1.54, 1.807) is 13.8 Å². The zero-order valence-corrected chi connectivity index (χ0v) is 18.5. The van der Waals surface area contributed by atoms with Gasteiger partial charge in [0.25, 0.3) is 0 Å². The molecule has 0 aliphatic carbocycles. The molecule has 9 nitrogen and oxygen atoms in total. The number of primary amides is 1. The van der Waals surface area contributed by atoms with Crippen molar-refractivity contribution in [3.05, 3.63) is 53.3 Å². The predicted octanol–water partition coefficient (Wildman–Crippen LogP) is 3.27. The van der Waals surface area contributed by atoms with Gasteiger partial charge in [0, 0.05) is 16.5 Å². The summed E-state index contributed by atoms with van der Waals surface area (Å²) in [4.78, 5) is 23.9. The van der Waals surface area contributed by atoms with Crippen LogP contribution in [0.2, 0.25) is 0 Å². The minimum atomic E-state index is -3.58. The third kappa shape index (κ3) is 4.73. The summed E-state index contributed by atoms with van der Waals surface area (Å²) in [5.41, 5.74) is 4.71. The minimum absolute atomic E-state index is 0.0133. The van der Waals surface area contributed by atoms with E-state index >= 15 is 0 Å². The highest BCUT2D eigenvalue weighted by Crippen LogP contribution is 2.40. The van der Waals surface area contributed by atoms with Crippen LogP contribution in [0.25, 0.3) is 22.3 Å². The molecule has 1 heterocycles. The predicted molar refractivity (Wildman–Crippen MR) is 114 cm³/mol. The summed E-state index contributed by atoms with van der Waals surface area (Å²) in [5.74, 6) is -1.31. The van der Waals surface area contributed by atoms with E-state index in [4.69, 9.17) is 14.9 Å². The SMILES string of the molecule is COc1cc2c(C(=O)OC(N)=O)c(-c3ccc(F)cc3)oc2cc1C(C)(C)NS(C)(=O)=O. The summed E-state index contributed by atoms with van der Waals surface area (Å²) in [6.07, 6.45) is -0.284. The number of hydrogen-bond donors (Lipinski definition) is 2. The number of ether oxygens (including phenoxy) is 2. The molecule has 170 valence electrons. The van der Waals surface area contributed by atoms with Gasteiger partial charge in [-0.15, -0.1) is 0 Å². The highest BCUT2D eigenvalue weighted by atomic mass is 32.2. The molecule has 0 saturated heterocycles. The first-order valence-electron chi connectivity index (χ1n) is 9.24. The van der Waals surface area contributed by atoms with Crippen LogP contribution in [-0.2, 0) is 20.3 Å². The van der Waals surface area contributed by atoms with Crippen molar-refractivity contribution in [1.82, 2.24) is 4.72 Å². The summed E-state index contributed by atoms with van der Waals surface area (Å²) in [6.45, 7) is 3.26. The average molecular weight is 464 g/mol. The zero-order valence-electron chi connectivity index (χ0n) is 17.7. The van der Waals surface area contributed by atoms with Crippen LogP contribution in [0.15, 0.2) is 40.8 Å². The van der Waals surface area contributed by atoms with Gasteiger partial charge in [0.2, 0.25) is 10.0 Å². The molecule has 0 unspecified atom stereocenters. The molecule has 0 aliphatic heterocycles. The fourth-order valence-electron chi connectivity index (χ4n) is 3.45. The highest BCUT2D eigenvalue weighted by Gasteiger charge is 2.31. The molecule has 3 N–H and O–H groups in total. The van der Waals surface area contributed by atoms with Crippen molar-refractivity contribution >= 4 is 33.1 Å². The number of hydrogen-bond acceptors (Lipinski definition) is 7. The number of methoxy groups -OCH3 is 1. The molecular formula is C21H21FN2O7S. The van der Waals surface area contributed by atoms with Gasteiger partial charge in [-0.2, -0.15) is 0 Å². The molecule has 11 heteroatoms. The van der Waals surface area contributed by atoms with Crippen molar-refractivity contribution in [1.29, 1.82) is 0 Å². The molecular weight excluding hydrogens is 443 g/mol. The van der Waals surface area contributed by atoms with Crippen molar-refractivity contribution in [2.45, 2.75) is 19.4 Å². The lowest BCUT2D eigenvalue weighted by Crippen LogP contribution is -2.40. The van der Waals surface area contributed by atoms with E-state index in [0.717, 1.165) is 6.26 Å². The second-order valence-corrected chi connectivity index (χ2v) is 9.32. The Morgan fingerprint density at radius 2 is 1.78 bits per heavy atom. The molecule has 1 amide bonds. The Balaban J connectivity index is 2.31. The monoisotopic (exact) mass is 464 g/mol. The van der Waals surface area contributed by atoms with E-state index < -0.39 is 33.4 Å². The van der Waals surface area contributed by atoms with Crippen LogP contribution in [0, 0.1) is 5.82 Å². The van der Waals surface area contributed by atoms with Crippen LogP contribution in [0.4, 0.5) is 9.18 Å². The second kappa shape index (κ2) is 8.24. The third-order valence-electron chi connectivity index (χ3n) is 4.63. The smallest absolute Gasteiger partial charge is 0.412 e. The van der Waals surface area contributed by atoms with Crippen molar-refractivity contribution in [2.24, 2.45) is 5.73 Å². The van der Waals surface area contributed by atoms with E-state index in [9.17, 15) is 22.4 Å². The van der Waals surface area contributed by atoms with E-state index in [1.165, 1.54) is 43.5 Å². The fourth-order valence-corrected chi connectivity index (χ4v) is 4.49. The van der Waals surface area contributed by atoms with Gasteiger partial charge in [0.05, 0.1) is 18.9 Å². The topological polar surface area (TPSA) is 138 Å². The largest absolute Gasteiger partial charge is 0.496 e. The number of halogens is 1. The zero-order chi connectivity index (χ0) is 23.8. The molecule has 0 bridgehead atoms. The molecule has 3 rings (SSSR count). The van der Waals surface area contributed by atoms with Gasteiger partial charge in [-0.25, -0.2) is 27.1 Å². The molecule has 0 radical (unpaired) electrons. The lowest BCUT2D eigenvalue weighted by atomic mass is 9.93. The maximum atomic E-state index is 13.4. The number of nitrogens with two attached hydrogens (primary N) is 1. The van der Waals surface area contributed by atoms with Crippen molar-refractivity contribution in [3.63, 3.8) is 0 Å². The van der Waals surface area contributed by atoms with E-state index in [1.807, 2.05) is 0 Å². The molecule has 3 aromatic rings. The normalized spacial score (nSPS) is 12.0. The summed E-state index contributed by atoms with van der Waals surface area (Å²) < 4.78 is 55.5. The quantitative estimate of drug-likeness (QED) is 0.422. The number of amides is 1. The number of rotatable bonds is 6. The molecule has 0 fully saturated rings. The fraction of sp³-hybridized carbons (Fsp3) is 0.238.